The Morgan fingerprint density at radius 2 is 2.50 bits per heavy atom. The van der Waals surface area contributed by atoms with Gasteiger partial charge in [0.15, 0.2) is 0 Å². The largest absolute Gasteiger partial charge is 0.259 e. The number of rotatable bonds is 1. The van der Waals surface area contributed by atoms with Crippen molar-refractivity contribution in [2.24, 2.45) is 0 Å². The van der Waals surface area contributed by atoms with Crippen molar-refractivity contribution in [1.29, 1.82) is 0 Å². The van der Waals surface area contributed by atoms with E-state index >= 15 is 0 Å². The Labute approximate surface area is 45.9 Å². The molecule has 8 heavy (non-hydrogen) atoms. The van der Waals surface area contributed by atoms with Crippen molar-refractivity contribution >= 4 is 0 Å². The minimum Gasteiger partial charge on any atom is -0.259 e. The van der Waals surface area contributed by atoms with E-state index in [1.54, 1.807) is 0 Å². The number of hydrogen-bond donors (Lipinski definition) is 1. The van der Waals surface area contributed by atoms with Crippen molar-refractivity contribution < 1.29 is 4.39 Å². The Morgan fingerprint density at radius 3 is 2.75 bits per heavy atom. The molecule has 0 atom stereocenters. The third-order valence-corrected chi connectivity index (χ3v) is 0.925. The maximum absolute atomic E-state index is 12.1. The van der Waals surface area contributed by atoms with Gasteiger partial charge in [-0.05, 0) is 6.42 Å². The summed E-state index contributed by atoms with van der Waals surface area (Å²) in [7, 11) is 0. The minimum atomic E-state index is -0.493. The van der Waals surface area contributed by atoms with Crippen LogP contribution in [0.15, 0.2) is 0 Å². The normalized spacial score (nSPS) is 9.75. The van der Waals surface area contributed by atoms with Gasteiger partial charge in [-0.25, -0.2) is 0 Å². The quantitative estimate of drug-likeness (QED) is 0.579. The lowest BCUT2D eigenvalue weighted by Gasteiger charge is -1.81. The molecule has 3 nitrogen and oxygen atoms in total. The molecule has 0 saturated carbocycles. The molecule has 0 saturated heterocycles. The average molecular weight is 115 g/mol. The number of hydrogen-bond acceptors (Lipinski definition) is 2. The van der Waals surface area contributed by atoms with E-state index in [4.69, 9.17) is 0 Å². The summed E-state index contributed by atoms with van der Waals surface area (Å²) < 4.78 is 12.1. The molecular formula is C4H6FN3. The van der Waals surface area contributed by atoms with Gasteiger partial charge in [0.25, 0.3) is 5.95 Å². The third kappa shape index (κ3) is 0.685. The summed E-state index contributed by atoms with van der Waals surface area (Å²) in [5, 5.41) is 8.78. The number of aryl methyl sites for hydroxylation is 1. The summed E-state index contributed by atoms with van der Waals surface area (Å²) in [6.45, 7) is 1.83. The zero-order valence-corrected chi connectivity index (χ0v) is 4.48. The molecule has 0 fully saturated rings. The third-order valence-electron chi connectivity index (χ3n) is 0.925. The molecule has 0 unspecified atom stereocenters. The number of nitrogens with one attached hydrogen (secondary N) is 1. The van der Waals surface area contributed by atoms with Crippen molar-refractivity contribution in [3.8, 4) is 0 Å². The molecule has 0 aromatic carbocycles. The SMILES string of the molecule is CCc1[nH]nnc1F. The van der Waals surface area contributed by atoms with Gasteiger partial charge in [0.05, 0.1) is 5.69 Å². The molecule has 1 rings (SSSR count). The smallest absolute Gasteiger partial charge is 0.255 e. The average Bonchev–Trinajstić information content (AvgIpc) is 2.14. The highest BCUT2D eigenvalue weighted by Gasteiger charge is 1.99. The van der Waals surface area contributed by atoms with Crippen LogP contribution in [0.1, 0.15) is 12.6 Å². The van der Waals surface area contributed by atoms with E-state index in [9.17, 15) is 4.39 Å². The second-order valence-electron chi connectivity index (χ2n) is 1.43. The second-order valence-corrected chi connectivity index (χ2v) is 1.43. The lowest BCUT2D eigenvalue weighted by Crippen LogP contribution is -1.82. The molecule has 1 N–H and O–H groups in total. The predicted octanol–water partition coefficient (Wildman–Crippen LogP) is 0.506. The summed E-state index contributed by atoms with van der Waals surface area (Å²) in [5.74, 6) is -0.493. The van der Waals surface area contributed by atoms with Crippen molar-refractivity contribution in [3.05, 3.63) is 11.6 Å². The number of H-pyrrole nitrogens is 1. The van der Waals surface area contributed by atoms with Crippen LogP contribution in [0.3, 0.4) is 0 Å². The fourth-order valence-corrected chi connectivity index (χ4v) is 0.461. The zero-order valence-electron chi connectivity index (χ0n) is 4.48. The van der Waals surface area contributed by atoms with Crippen LogP contribution < -0.4 is 0 Å². The van der Waals surface area contributed by atoms with Crippen molar-refractivity contribution in [3.63, 3.8) is 0 Å². The molecule has 4 heteroatoms. The Bertz CT molecular complexity index is 172. The van der Waals surface area contributed by atoms with Crippen LogP contribution in [-0.4, -0.2) is 15.4 Å². The first-order valence-electron chi connectivity index (χ1n) is 2.40. The van der Waals surface area contributed by atoms with Gasteiger partial charge in [0, 0.05) is 0 Å². The molecule has 0 bridgehead atoms. The highest BCUT2D eigenvalue weighted by molar-refractivity contribution is 4.92. The molecular weight excluding hydrogens is 109 g/mol. The molecule has 0 aliphatic carbocycles. The first kappa shape index (κ1) is 5.21. The number of aromatic nitrogens is 3. The molecule has 0 spiro atoms. The predicted molar refractivity (Wildman–Crippen MR) is 25.7 cm³/mol. The van der Waals surface area contributed by atoms with Gasteiger partial charge in [-0.1, -0.05) is 17.2 Å². The topological polar surface area (TPSA) is 41.6 Å². The first-order valence-corrected chi connectivity index (χ1v) is 2.40. The van der Waals surface area contributed by atoms with E-state index in [2.05, 4.69) is 15.4 Å². The van der Waals surface area contributed by atoms with Crippen molar-refractivity contribution in [2.75, 3.05) is 0 Å². The Balaban J connectivity index is 2.92. The fraction of sp³-hybridized carbons (Fsp3) is 0.500. The van der Waals surface area contributed by atoms with Gasteiger partial charge in [-0.2, -0.15) is 4.39 Å². The van der Waals surface area contributed by atoms with Crippen LogP contribution >= 0.6 is 0 Å². The van der Waals surface area contributed by atoms with Crippen LogP contribution in [0.2, 0.25) is 0 Å². The summed E-state index contributed by atoms with van der Waals surface area (Å²) >= 11 is 0. The van der Waals surface area contributed by atoms with E-state index in [0.29, 0.717) is 12.1 Å². The van der Waals surface area contributed by atoms with Gasteiger partial charge in [0.2, 0.25) is 0 Å². The monoisotopic (exact) mass is 115 g/mol. The van der Waals surface area contributed by atoms with E-state index in [1.165, 1.54) is 0 Å². The summed E-state index contributed by atoms with van der Waals surface area (Å²) in [4.78, 5) is 0. The lowest BCUT2D eigenvalue weighted by atomic mass is 10.4. The number of aromatic amines is 1. The standard InChI is InChI=1S/C4H6FN3/c1-2-3-4(5)7-8-6-3/h2H2,1H3,(H,6,7,8). The lowest BCUT2D eigenvalue weighted by molar-refractivity contribution is 0.567. The van der Waals surface area contributed by atoms with E-state index in [1.807, 2.05) is 6.92 Å². The van der Waals surface area contributed by atoms with Crippen LogP contribution in [0, 0.1) is 5.95 Å². The highest BCUT2D eigenvalue weighted by atomic mass is 19.1. The van der Waals surface area contributed by atoms with Gasteiger partial charge < -0.3 is 0 Å². The van der Waals surface area contributed by atoms with E-state index in [-0.39, 0.29) is 0 Å². The maximum atomic E-state index is 12.1. The van der Waals surface area contributed by atoms with Crippen molar-refractivity contribution in [2.45, 2.75) is 13.3 Å². The Morgan fingerprint density at radius 1 is 1.75 bits per heavy atom. The fourth-order valence-electron chi connectivity index (χ4n) is 0.461. The van der Waals surface area contributed by atoms with E-state index in [0.717, 1.165) is 0 Å². The van der Waals surface area contributed by atoms with Crippen molar-refractivity contribution in [1.82, 2.24) is 15.4 Å². The van der Waals surface area contributed by atoms with Gasteiger partial charge in [-0.15, -0.1) is 0 Å². The minimum absolute atomic E-state index is 0.463. The van der Waals surface area contributed by atoms with Gasteiger partial charge in [0.1, 0.15) is 0 Å². The summed E-state index contributed by atoms with van der Waals surface area (Å²) in [5.41, 5.74) is 0.463. The maximum Gasteiger partial charge on any atom is 0.255 e. The second kappa shape index (κ2) is 1.90. The first-order chi connectivity index (χ1) is 3.84. The van der Waals surface area contributed by atoms with Crippen LogP contribution in [0.5, 0.6) is 0 Å². The number of halogens is 1. The zero-order chi connectivity index (χ0) is 5.98. The molecule has 1 aromatic heterocycles. The molecule has 0 radical (unpaired) electrons. The Hall–Kier alpha value is -0.930. The molecule has 1 aromatic rings. The van der Waals surface area contributed by atoms with Gasteiger partial charge in [-0.3, -0.25) is 5.10 Å². The van der Waals surface area contributed by atoms with Gasteiger partial charge >= 0.3 is 0 Å². The summed E-state index contributed by atoms with van der Waals surface area (Å²) in [6, 6.07) is 0. The van der Waals surface area contributed by atoms with Crippen LogP contribution in [-0.2, 0) is 6.42 Å². The Kier molecular flexibility index (Phi) is 1.24. The molecule has 0 aliphatic rings. The van der Waals surface area contributed by atoms with E-state index < -0.39 is 5.95 Å². The van der Waals surface area contributed by atoms with Crippen LogP contribution in [0.4, 0.5) is 4.39 Å². The molecule has 1 heterocycles. The highest BCUT2D eigenvalue weighted by Crippen LogP contribution is 1.96. The van der Waals surface area contributed by atoms with Crippen LogP contribution in [0.25, 0.3) is 0 Å². The molecule has 0 aliphatic heterocycles. The molecule has 44 valence electrons. The number of nitrogens with zero attached hydrogens (tertiary/aromatic N) is 2. The summed E-state index contributed by atoms with van der Waals surface area (Å²) in [6.07, 6.45) is 0.610. The molecule has 0 amide bonds.